The maximum absolute atomic E-state index is 11.9. The summed E-state index contributed by atoms with van der Waals surface area (Å²) in [5.74, 6) is 5.15. The Labute approximate surface area is 107 Å². The SMILES string of the molecule is COCC(C)NC(=O)c1cccc(C#CCO)c1. The van der Waals surface area contributed by atoms with Crippen LogP contribution in [0.3, 0.4) is 0 Å². The van der Waals surface area contributed by atoms with Crippen LogP contribution in [0, 0.1) is 11.8 Å². The number of aliphatic hydroxyl groups is 1. The first-order chi connectivity index (χ1) is 8.67. The third kappa shape index (κ3) is 4.58. The maximum atomic E-state index is 11.9. The summed E-state index contributed by atoms with van der Waals surface area (Å²) in [5.41, 5.74) is 1.25. The van der Waals surface area contributed by atoms with Gasteiger partial charge in [-0.1, -0.05) is 17.9 Å². The summed E-state index contributed by atoms with van der Waals surface area (Å²) in [6.07, 6.45) is 0. The second-order valence-electron chi connectivity index (χ2n) is 3.87. The van der Waals surface area contributed by atoms with Crippen molar-refractivity contribution in [1.29, 1.82) is 0 Å². The molecule has 4 nitrogen and oxygen atoms in total. The van der Waals surface area contributed by atoms with Gasteiger partial charge in [0.25, 0.3) is 5.91 Å². The topological polar surface area (TPSA) is 58.6 Å². The van der Waals surface area contributed by atoms with Gasteiger partial charge in [-0.15, -0.1) is 0 Å². The van der Waals surface area contributed by atoms with Gasteiger partial charge in [0.15, 0.2) is 0 Å². The molecule has 0 radical (unpaired) electrons. The molecule has 0 bridgehead atoms. The second kappa shape index (κ2) is 7.49. The molecular formula is C14H17NO3. The van der Waals surface area contributed by atoms with Crippen LogP contribution in [0.1, 0.15) is 22.8 Å². The van der Waals surface area contributed by atoms with E-state index in [0.717, 1.165) is 0 Å². The van der Waals surface area contributed by atoms with E-state index in [4.69, 9.17) is 9.84 Å². The van der Waals surface area contributed by atoms with Crippen LogP contribution in [0.5, 0.6) is 0 Å². The maximum Gasteiger partial charge on any atom is 0.251 e. The molecule has 2 N–H and O–H groups in total. The number of carbonyl (C=O) groups is 1. The number of rotatable bonds is 4. The molecule has 1 amide bonds. The summed E-state index contributed by atoms with van der Waals surface area (Å²) in [6.45, 7) is 2.15. The first-order valence-electron chi connectivity index (χ1n) is 5.67. The minimum Gasteiger partial charge on any atom is -0.384 e. The zero-order valence-corrected chi connectivity index (χ0v) is 10.6. The van der Waals surface area contributed by atoms with E-state index >= 15 is 0 Å². The van der Waals surface area contributed by atoms with Gasteiger partial charge in [-0.2, -0.15) is 0 Å². The first-order valence-corrected chi connectivity index (χ1v) is 5.67. The highest BCUT2D eigenvalue weighted by Crippen LogP contribution is 2.04. The lowest BCUT2D eigenvalue weighted by molar-refractivity contribution is 0.0905. The van der Waals surface area contributed by atoms with E-state index in [-0.39, 0.29) is 18.6 Å². The molecule has 1 unspecified atom stereocenters. The Bertz CT molecular complexity index is 460. The molecule has 0 saturated heterocycles. The Morgan fingerprint density at radius 3 is 3.00 bits per heavy atom. The van der Waals surface area contributed by atoms with Crippen molar-refractivity contribution >= 4 is 5.91 Å². The fraction of sp³-hybridized carbons (Fsp3) is 0.357. The zero-order valence-electron chi connectivity index (χ0n) is 10.6. The number of nitrogens with one attached hydrogen (secondary N) is 1. The lowest BCUT2D eigenvalue weighted by atomic mass is 10.1. The Morgan fingerprint density at radius 1 is 1.56 bits per heavy atom. The van der Waals surface area contributed by atoms with E-state index in [1.165, 1.54) is 0 Å². The lowest BCUT2D eigenvalue weighted by Gasteiger charge is -2.12. The largest absolute Gasteiger partial charge is 0.384 e. The predicted octanol–water partition coefficient (Wildman–Crippen LogP) is 0.795. The zero-order chi connectivity index (χ0) is 13.4. The monoisotopic (exact) mass is 247 g/mol. The van der Waals surface area contributed by atoms with Crippen LogP contribution in [0.15, 0.2) is 24.3 Å². The van der Waals surface area contributed by atoms with Crippen molar-refractivity contribution in [3.05, 3.63) is 35.4 Å². The van der Waals surface area contributed by atoms with Crippen molar-refractivity contribution in [2.75, 3.05) is 20.3 Å². The number of aliphatic hydroxyl groups excluding tert-OH is 1. The highest BCUT2D eigenvalue weighted by Gasteiger charge is 2.09. The van der Waals surface area contributed by atoms with E-state index in [1.807, 2.05) is 6.92 Å². The van der Waals surface area contributed by atoms with Crippen LogP contribution >= 0.6 is 0 Å². The van der Waals surface area contributed by atoms with E-state index in [9.17, 15) is 4.79 Å². The van der Waals surface area contributed by atoms with Crippen molar-refractivity contribution in [3.8, 4) is 11.8 Å². The standard InChI is InChI=1S/C14H17NO3/c1-11(10-18-2)15-14(17)13-7-3-5-12(9-13)6-4-8-16/h3,5,7,9,11,16H,8,10H2,1-2H3,(H,15,17). The number of ether oxygens (including phenoxy) is 1. The highest BCUT2D eigenvalue weighted by atomic mass is 16.5. The molecule has 0 aliphatic rings. The van der Waals surface area contributed by atoms with Gasteiger partial charge in [-0.3, -0.25) is 4.79 Å². The summed E-state index contributed by atoms with van der Waals surface area (Å²) < 4.78 is 4.95. The predicted molar refractivity (Wildman–Crippen MR) is 69.2 cm³/mol. The fourth-order valence-corrected chi connectivity index (χ4v) is 1.48. The molecule has 1 rings (SSSR count). The fourth-order valence-electron chi connectivity index (χ4n) is 1.48. The molecule has 0 saturated carbocycles. The number of amides is 1. The Hall–Kier alpha value is -1.83. The highest BCUT2D eigenvalue weighted by molar-refractivity contribution is 5.94. The van der Waals surface area contributed by atoms with Gasteiger partial charge in [0.2, 0.25) is 0 Å². The molecule has 1 aromatic carbocycles. The Balaban J connectivity index is 2.74. The van der Waals surface area contributed by atoms with Gasteiger partial charge in [0, 0.05) is 24.3 Å². The van der Waals surface area contributed by atoms with Gasteiger partial charge in [0.05, 0.1) is 6.61 Å². The van der Waals surface area contributed by atoms with Crippen molar-refractivity contribution in [1.82, 2.24) is 5.32 Å². The van der Waals surface area contributed by atoms with E-state index < -0.39 is 0 Å². The van der Waals surface area contributed by atoms with Crippen LogP contribution in [-0.2, 0) is 4.74 Å². The van der Waals surface area contributed by atoms with Crippen LogP contribution in [0.2, 0.25) is 0 Å². The molecule has 0 heterocycles. The molecule has 1 aromatic rings. The lowest BCUT2D eigenvalue weighted by Crippen LogP contribution is -2.35. The number of hydrogen-bond acceptors (Lipinski definition) is 3. The van der Waals surface area contributed by atoms with Crippen LogP contribution < -0.4 is 5.32 Å². The van der Waals surface area contributed by atoms with Crippen LogP contribution in [-0.4, -0.2) is 37.4 Å². The van der Waals surface area contributed by atoms with Crippen LogP contribution in [0.4, 0.5) is 0 Å². The minimum absolute atomic E-state index is 0.0466. The molecule has 0 aliphatic carbocycles. The van der Waals surface area contributed by atoms with Crippen molar-refractivity contribution in [2.24, 2.45) is 0 Å². The Kier molecular flexibility index (Phi) is 5.92. The molecule has 0 aromatic heterocycles. The van der Waals surface area contributed by atoms with Crippen molar-refractivity contribution in [3.63, 3.8) is 0 Å². The summed E-state index contributed by atoms with van der Waals surface area (Å²) >= 11 is 0. The third-order valence-electron chi connectivity index (χ3n) is 2.23. The second-order valence-corrected chi connectivity index (χ2v) is 3.87. The van der Waals surface area contributed by atoms with Crippen molar-refractivity contribution < 1.29 is 14.6 Å². The van der Waals surface area contributed by atoms with E-state index in [1.54, 1.807) is 31.4 Å². The number of hydrogen-bond donors (Lipinski definition) is 2. The number of benzene rings is 1. The quantitative estimate of drug-likeness (QED) is 0.774. The van der Waals surface area contributed by atoms with Gasteiger partial charge in [-0.05, 0) is 25.1 Å². The smallest absolute Gasteiger partial charge is 0.251 e. The number of carbonyl (C=O) groups excluding carboxylic acids is 1. The molecular weight excluding hydrogens is 230 g/mol. The summed E-state index contributed by atoms with van der Waals surface area (Å²) in [5, 5.41) is 11.4. The normalized spacial score (nSPS) is 11.3. The van der Waals surface area contributed by atoms with Gasteiger partial charge in [0.1, 0.15) is 6.61 Å². The Morgan fingerprint density at radius 2 is 2.33 bits per heavy atom. The van der Waals surface area contributed by atoms with Gasteiger partial charge >= 0.3 is 0 Å². The summed E-state index contributed by atoms with van der Waals surface area (Å²) in [6, 6.07) is 6.92. The average Bonchev–Trinajstić information content (AvgIpc) is 2.37. The molecule has 1 atom stereocenters. The van der Waals surface area contributed by atoms with Gasteiger partial charge < -0.3 is 15.2 Å². The minimum atomic E-state index is -0.193. The summed E-state index contributed by atoms with van der Waals surface area (Å²) in [4.78, 5) is 11.9. The van der Waals surface area contributed by atoms with Gasteiger partial charge in [-0.25, -0.2) is 0 Å². The third-order valence-corrected chi connectivity index (χ3v) is 2.23. The first kappa shape index (κ1) is 14.2. The van der Waals surface area contributed by atoms with Crippen LogP contribution in [0.25, 0.3) is 0 Å². The number of methoxy groups -OCH3 is 1. The molecule has 0 spiro atoms. The molecule has 0 fully saturated rings. The van der Waals surface area contributed by atoms with E-state index in [2.05, 4.69) is 17.2 Å². The average molecular weight is 247 g/mol. The summed E-state index contributed by atoms with van der Waals surface area (Å²) in [7, 11) is 1.59. The molecule has 4 heteroatoms. The molecule has 0 aliphatic heterocycles. The molecule has 96 valence electrons. The van der Waals surface area contributed by atoms with Crippen molar-refractivity contribution in [2.45, 2.75) is 13.0 Å². The van der Waals surface area contributed by atoms with E-state index in [0.29, 0.717) is 17.7 Å². The molecule has 18 heavy (non-hydrogen) atoms.